The Bertz CT molecular complexity index is 844. The van der Waals surface area contributed by atoms with Gasteiger partial charge in [-0.1, -0.05) is 48.5 Å². The fraction of sp³-hybridized carbons (Fsp3) is 0.286. The van der Waals surface area contributed by atoms with Crippen LogP contribution in [0.1, 0.15) is 23.1 Å². The summed E-state index contributed by atoms with van der Waals surface area (Å²) in [4.78, 5) is 38.0. The smallest absolute Gasteiger partial charge is 0.325 e. The van der Waals surface area contributed by atoms with Gasteiger partial charge in [-0.2, -0.15) is 0 Å². The van der Waals surface area contributed by atoms with Crippen molar-refractivity contribution in [3.63, 3.8) is 0 Å². The number of amides is 4. The van der Waals surface area contributed by atoms with Gasteiger partial charge >= 0.3 is 6.03 Å². The van der Waals surface area contributed by atoms with Crippen LogP contribution in [0.2, 0.25) is 0 Å². The zero-order valence-electron chi connectivity index (χ0n) is 15.5. The number of carbonyl (C=O) groups is 3. The quantitative estimate of drug-likeness (QED) is 0.773. The van der Waals surface area contributed by atoms with Gasteiger partial charge in [0.25, 0.3) is 5.91 Å². The third-order valence-electron chi connectivity index (χ3n) is 4.72. The minimum absolute atomic E-state index is 0.291. The molecule has 1 saturated heterocycles. The number of urea groups is 1. The maximum absolute atomic E-state index is 12.5. The Morgan fingerprint density at radius 1 is 1.04 bits per heavy atom. The number of aryl methyl sites for hydroxylation is 3. The van der Waals surface area contributed by atoms with E-state index in [2.05, 4.69) is 10.6 Å². The van der Waals surface area contributed by atoms with Gasteiger partial charge in [0.05, 0.1) is 0 Å². The number of nitrogens with zero attached hydrogens (tertiary/aromatic N) is 1. The third kappa shape index (κ3) is 4.34. The van der Waals surface area contributed by atoms with Crippen molar-refractivity contribution in [2.24, 2.45) is 0 Å². The van der Waals surface area contributed by atoms with Gasteiger partial charge in [0.15, 0.2) is 0 Å². The van der Waals surface area contributed by atoms with Crippen LogP contribution in [0.15, 0.2) is 48.5 Å². The number of nitrogens with one attached hydrogen (secondary N) is 2. The molecule has 0 saturated carbocycles. The molecule has 3 rings (SSSR count). The first-order chi connectivity index (χ1) is 13.0. The number of rotatable bonds is 6. The van der Waals surface area contributed by atoms with Gasteiger partial charge in [0, 0.05) is 5.69 Å². The summed E-state index contributed by atoms with van der Waals surface area (Å²) in [5.41, 5.74) is 3.68. The van der Waals surface area contributed by atoms with E-state index >= 15 is 0 Å². The largest absolute Gasteiger partial charge is 0.326 e. The van der Waals surface area contributed by atoms with Crippen molar-refractivity contribution >= 4 is 23.5 Å². The summed E-state index contributed by atoms with van der Waals surface area (Å²) in [5, 5.41) is 5.48. The minimum atomic E-state index is -0.592. The van der Waals surface area contributed by atoms with Crippen LogP contribution >= 0.6 is 0 Å². The van der Waals surface area contributed by atoms with Crippen molar-refractivity contribution in [3.8, 4) is 0 Å². The molecule has 0 aromatic heterocycles. The molecular weight excluding hydrogens is 342 g/mol. The van der Waals surface area contributed by atoms with Gasteiger partial charge in [-0.3, -0.25) is 14.5 Å². The lowest BCUT2D eigenvalue weighted by molar-refractivity contribution is -0.130. The van der Waals surface area contributed by atoms with Gasteiger partial charge in [0.2, 0.25) is 5.91 Å². The highest BCUT2D eigenvalue weighted by atomic mass is 16.2. The molecule has 1 aliphatic rings. The summed E-state index contributed by atoms with van der Waals surface area (Å²) in [6.45, 7) is 3.51. The minimum Gasteiger partial charge on any atom is -0.326 e. The monoisotopic (exact) mass is 365 g/mol. The van der Waals surface area contributed by atoms with E-state index in [0.29, 0.717) is 12.8 Å². The standard InChI is InChI=1S/C21H23N3O3/c1-14-7-6-8-15(2)19(14)23-18(25)13-24-20(26)17(22-21(24)27)12-11-16-9-4-3-5-10-16/h3-10,17H,11-13H2,1-2H3,(H,22,27)(H,23,25). The first kappa shape index (κ1) is 18.6. The van der Waals surface area contributed by atoms with E-state index in [1.807, 2.05) is 62.4 Å². The molecule has 1 atom stereocenters. The number of carbonyl (C=O) groups excluding carboxylic acids is 3. The third-order valence-corrected chi connectivity index (χ3v) is 4.72. The molecule has 1 aliphatic heterocycles. The van der Waals surface area contributed by atoms with Gasteiger partial charge in [0.1, 0.15) is 12.6 Å². The predicted octanol–water partition coefficient (Wildman–Crippen LogP) is 2.80. The summed E-state index contributed by atoms with van der Waals surface area (Å²) in [6, 6.07) is 14.4. The SMILES string of the molecule is Cc1cccc(C)c1NC(=O)CN1C(=O)NC(CCc2ccccc2)C1=O. The highest BCUT2D eigenvalue weighted by Crippen LogP contribution is 2.20. The fourth-order valence-corrected chi connectivity index (χ4v) is 3.21. The average Bonchev–Trinajstić information content (AvgIpc) is 2.91. The molecule has 4 amide bonds. The topological polar surface area (TPSA) is 78.5 Å². The molecular formula is C21H23N3O3. The van der Waals surface area contributed by atoms with Crippen molar-refractivity contribution in [3.05, 3.63) is 65.2 Å². The van der Waals surface area contributed by atoms with Crippen LogP contribution in [-0.4, -0.2) is 35.3 Å². The molecule has 1 heterocycles. The summed E-state index contributed by atoms with van der Waals surface area (Å²) in [7, 11) is 0. The van der Waals surface area contributed by atoms with Crippen LogP contribution in [0.25, 0.3) is 0 Å². The lowest BCUT2D eigenvalue weighted by Gasteiger charge is -2.15. The van der Waals surface area contributed by atoms with Crippen molar-refractivity contribution < 1.29 is 14.4 Å². The normalized spacial score (nSPS) is 16.4. The Kier molecular flexibility index (Phi) is 5.54. The molecule has 2 aromatic rings. The van der Waals surface area contributed by atoms with Crippen LogP contribution in [0, 0.1) is 13.8 Å². The van der Waals surface area contributed by atoms with E-state index < -0.39 is 12.1 Å². The van der Waals surface area contributed by atoms with E-state index in [4.69, 9.17) is 0 Å². The number of anilines is 1. The molecule has 0 bridgehead atoms. The maximum Gasteiger partial charge on any atom is 0.325 e. The zero-order chi connectivity index (χ0) is 19.4. The zero-order valence-corrected chi connectivity index (χ0v) is 15.5. The Labute approximate surface area is 158 Å². The fourth-order valence-electron chi connectivity index (χ4n) is 3.21. The number of hydrogen-bond acceptors (Lipinski definition) is 3. The molecule has 2 aromatic carbocycles. The van der Waals surface area contributed by atoms with Gasteiger partial charge in [-0.15, -0.1) is 0 Å². The Balaban J connectivity index is 1.59. The lowest BCUT2D eigenvalue weighted by Crippen LogP contribution is -2.38. The molecule has 27 heavy (non-hydrogen) atoms. The first-order valence-electron chi connectivity index (χ1n) is 8.97. The highest BCUT2D eigenvalue weighted by molar-refractivity contribution is 6.08. The molecule has 6 heteroatoms. The predicted molar refractivity (Wildman–Crippen MR) is 103 cm³/mol. The second-order valence-electron chi connectivity index (χ2n) is 6.77. The maximum atomic E-state index is 12.5. The first-order valence-corrected chi connectivity index (χ1v) is 8.97. The number of para-hydroxylation sites is 1. The summed E-state index contributed by atoms with van der Waals surface area (Å²) in [5.74, 6) is -0.743. The van der Waals surface area contributed by atoms with Crippen LogP contribution in [0.5, 0.6) is 0 Å². The molecule has 6 nitrogen and oxygen atoms in total. The lowest BCUT2D eigenvalue weighted by atomic mass is 10.1. The molecule has 1 unspecified atom stereocenters. The van der Waals surface area contributed by atoms with Crippen LogP contribution < -0.4 is 10.6 Å². The number of benzene rings is 2. The second kappa shape index (κ2) is 8.03. The van der Waals surface area contributed by atoms with E-state index in [1.54, 1.807) is 0 Å². The summed E-state index contributed by atoms with van der Waals surface area (Å²) in [6.07, 6.45) is 1.18. The van der Waals surface area contributed by atoms with E-state index in [-0.39, 0.29) is 18.4 Å². The van der Waals surface area contributed by atoms with E-state index in [9.17, 15) is 14.4 Å². The van der Waals surface area contributed by atoms with Crippen LogP contribution in [0.3, 0.4) is 0 Å². The molecule has 1 fully saturated rings. The Morgan fingerprint density at radius 2 is 1.70 bits per heavy atom. The van der Waals surface area contributed by atoms with Crippen LogP contribution in [-0.2, 0) is 16.0 Å². The summed E-state index contributed by atoms with van der Waals surface area (Å²) < 4.78 is 0. The second-order valence-corrected chi connectivity index (χ2v) is 6.77. The Hall–Kier alpha value is -3.15. The van der Waals surface area contributed by atoms with Crippen molar-refractivity contribution in [2.45, 2.75) is 32.7 Å². The van der Waals surface area contributed by atoms with Gasteiger partial charge in [-0.25, -0.2) is 4.79 Å². The molecule has 2 N–H and O–H groups in total. The number of hydrogen-bond donors (Lipinski definition) is 2. The van der Waals surface area contributed by atoms with E-state index in [1.165, 1.54) is 0 Å². The average molecular weight is 365 g/mol. The molecule has 140 valence electrons. The molecule has 0 spiro atoms. The van der Waals surface area contributed by atoms with E-state index in [0.717, 1.165) is 27.3 Å². The molecule has 0 radical (unpaired) electrons. The molecule has 0 aliphatic carbocycles. The highest BCUT2D eigenvalue weighted by Gasteiger charge is 2.38. The van der Waals surface area contributed by atoms with Gasteiger partial charge in [-0.05, 0) is 43.4 Å². The van der Waals surface area contributed by atoms with Crippen molar-refractivity contribution in [1.82, 2.24) is 10.2 Å². The summed E-state index contributed by atoms with van der Waals surface area (Å²) >= 11 is 0. The number of imide groups is 1. The van der Waals surface area contributed by atoms with Crippen molar-refractivity contribution in [1.29, 1.82) is 0 Å². The Morgan fingerprint density at radius 3 is 2.37 bits per heavy atom. The van der Waals surface area contributed by atoms with Gasteiger partial charge < -0.3 is 10.6 Å². The van der Waals surface area contributed by atoms with Crippen LogP contribution in [0.4, 0.5) is 10.5 Å². The van der Waals surface area contributed by atoms with Crippen molar-refractivity contribution in [2.75, 3.05) is 11.9 Å².